The van der Waals surface area contributed by atoms with Gasteiger partial charge in [0.05, 0.1) is 24.6 Å². The maximum absolute atomic E-state index is 10.7. The normalized spacial score (nSPS) is 11.8. The summed E-state index contributed by atoms with van der Waals surface area (Å²) in [7, 11) is 0. The number of ether oxygens (including phenoxy) is 1. The summed E-state index contributed by atoms with van der Waals surface area (Å²) in [4.78, 5) is 15.0. The molecule has 0 fully saturated rings. The molecule has 0 radical (unpaired) electrons. The lowest BCUT2D eigenvalue weighted by atomic mass is 9.97. The molecule has 0 aliphatic rings. The molecule has 0 saturated carbocycles. The van der Waals surface area contributed by atoms with E-state index in [1.54, 1.807) is 12.1 Å². The van der Waals surface area contributed by atoms with Gasteiger partial charge in [-0.15, -0.1) is 0 Å². The SMILES string of the molecule is CC(COC(N)=O)c1cccc2c(O)c(CC#N)cnc12. The molecule has 6 nitrogen and oxygen atoms in total. The number of benzene rings is 1. The highest BCUT2D eigenvalue weighted by Crippen LogP contribution is 2.32. The number of aromatic hydroxyl groups is 1. The van der Waals surface area contributed by atoms with Crippen LogP contribution in [0.3, 0.4) is 0 Å². The number of pyridine rings is 1. The van der Waals surface area contributed by atoms with E-state index in [2.05, 4.69) is 4.98 Å². The third kappa shape index (κ3) is 3.03. The smallest absolute Gasteiger partial charge is 0.404 e. The number of hydrogen-bond acceptors (Lipinski definition) is 5. The van der Waals surface area contributed by atoms with Crippen molar-refractivity contribution >= 4 is 17.0 Å². The van der Waals surface area contributed by atoms with Crippen molar-refractivity contribution in [2.24, 2.45) is 5.73 Å². The number of aromatic nitrogens is 1. The molecule has 6 heteroatoms. The second-order valence-corrected chi connectivity index (χ2v) is 4.74. The predicted molar refractivity (Wildman–Crippen MR) is 76.7 cm³/mol. The summed E-state index contributed by atoms with van der Waals surface area (Å²) in [6, 6.07) is 7.37. The van der Waals surface area contributed by atoms with E-state index in [-0.39, 0.29) is 24.7 Å². The van der Waals surface area contributed by atoms with Crippen molar-refractivity contribution in [1.82, 2.24) is 4.98 Å². The van der Waals surface area contributed by atoms with Crippen LogP contribution in [0.5, 0.6) is 5.75 Å². The van der Waals surface area contributed by atoms with Gasteiger partial charge in [-0.25, -0.2) is 4.79 Å². The maximum Gasteiger partial charge on any atom is 0.404 e. The Hall–Kier alpha value is -2.81. The van der Waals surface area contributed by atoms with Crippen molar-refractivity contribution in [3.05, 3.63) is 35.5 Å². The minimum absolute atomic E-state index is 0.0615. The molecular weight excluding hydrogens is 270 g/mol. The zero-order valence-corrected chi connectivity index (χ0v) is 11.5. The number of nitrogens with zero attached hydrogens (tertiary/aromatic N) is 2. The van der Waals surface area contributed by atoms with Crippen LogP contribution in [0.1, 0.15) is 24.0 Å². The molecule has 1 unspecified atom stereocenters. The molecule has 1 heterocycles. The molecular formula is C15H15N3O3. The fraction of sp³-hybridized carbons (Fsp3) is 0.267. The number of amides is 1. The average Bonchev–Trinajstić information content (AvgIpc) is 2.47. The van der Waals surface area contributed by atoms with Gasteiger partial charge in [0.15, 0.2) is 0 Å². The first-order valence-corrected chi connectivity index (χ1v) is 6.43. The third-order valence-corrected chi connectivity index (χ3v) is 3.25. The standard InChI is InChI=1S/C15H15N3O3/c1-9(8-21-15(17)20)11-3-2-4-12-13(11)18-7-10(5-6-16)14(12)19/h2-4,7,9H,5,8H2,1H3,(H2,17,20)(H,18,19). The van der Waals surface area contributed by atoms with E-state index in [1.165, 1.54) is 6.20 Å². The van der Waals surface area contributed by atoms with E-state index in [9.17, 15) is 9.90 Å². The minimum Gasteiger partial charge on any atom is -0.507 e. The van der Waals surface area contributed by atoms with Crippen molar-refractivity contribution in [3.63, 3.8) is 0 Å². The van der Waals surface area contributed by atoms with Gasteiger partial charge < -0.3 is 15.6 Å². The van der Waals surface area contributed by atoms with Crippen molar-refractivity contribution in [3.8, 4) is 11.8 Å². The van der Waals surface area contributed by atoms with Crippen molar-refractivity contribution < 1.29 is 14.6 Å². The second kappa shape index (κ2) is 6.09. The van der Waals surface area contributed by atoms with E-state index in [4.69, 9.17) is 15.7 Å². The minimum atomic E-state index is -0.825. The Kier molecular flexibility index (Phi) is 4.24. The molecule has 2 rings (SSSR count). The van der Waals surface area contributed by atoms with Crippen molar-refractivity contribution in [1.29, 1.82) is 5.26 Å². The summed E-state index contributed by atoms with van der Waals surface area (Å²) in [6.07, 6.45) is 0.764. The van der Waals surface area contributed by atoms with Gasteiger partial charge in [0.2, 0.25) is 0 Å². The summed E-state index contributed by atoms with van der Waals surface area (Å²) in [5, 5.41) is 19.5. The molecule has 1 amide bonds. The van der Waals surface area contributed by atoms with Gasteiger partial charge in [0.25, 0.3) is 0 Å². The number of nitrogens with two attached hydrogens (primary N) is 1. The molecule has 0 bridgehead atoms. The first-order valence-electron chi connectivity index (χ1n) is 6.43. The molecule has 0 saturated heterocycles. The lowest BCUT2D eigenvalue weighted by molar-refractivity contribution is 0.151. The van der Waals surface area contributed by atoms with Crippen LogP contribution in [0.2, 0.25) is 0 Å². The van der Waals surface area contributed by atoms with Gasteiger partial charge in [-0.1, -0.05) is 19.1 Å². The first-order chi connectivity index (χ1) is 10.0. The van der Waals surface area contributed by atoms with Crippen LogP contribution < -0.4 is 5.73 Å². The van der Waals surface area contributed by atoms with Gasteiger partial charge in [-0.05, 0) is 11.6 Å². The molecule has 108 valence electrons. The number of para-hydroxylation sites is 1. The second-order valence-electron chi connectivity index (χ2n) is 4.74. The molecule has 21 heavy (non-hydrogen) atoms. The quantitative estimate of drug-likeness (QED) is 0.895. The lowest BCUT2D eigenvalue weighted by Crippen LogP contribution is -2.16. The van der Waals surface area contributed by atoms with Gasteiger partial charge in [0.1, 0.15) is 5.75 Å². The Morgan fingerprint density at radius 1 is 1.57 bits per heavy atom. The molecule has 2 aromatic rings. The predicted octanol–water partition coefficient (Wildman–Crippen LogP) is 2.21. The zero-order valence-electron chi connectivity index (χ0n) is 11.5. The van der Waals surface area contributed by atoms with Gasteiger partial charge >= 0.3 is 6.09 Å². The maximum atomic E-state index is 10.7. The summed E-state index contributed by atoms with van der Waals surface area (Å²) >= 11 is 0. The van der Waals surface area contributed by atoms with Gasteiger partial charge in [0, 0.05) is 23.1 Å². The van der Waals surface area contributed by atoms with Crippen molar-refractivity contribution in [2.45, 2.75) is 19.3 Å². The van der Waals surface area contributed by atoms with E-state index in [1.807, 2.05) is 19.1 Å². The fourth-order valence-corrected chi connectivity index (χ4v) is 2.18. The largest absolute Gasteiger partial charge is 0.507 e. The number of primary amides is 1. The van der Waals surface area contributed by atoms with Gasteiger partial charge in [-0.3, -0.25) is 4.98 Å². The van der Waals surface area contributed by atoms with Crippen LogP contribution in [0.15, 0.2) is 24.4 Å². The van der Waals surface area contributed by atoms with E-state index in [0.29, 0.717) is 16.5 Å². The highest BCUT2D eigenvalue weighted by molar-refractivity contribution is 5.88. The Morgan fingerprint density at radius 2 is 2.33 bits per heavy atom. The Labute approximate surface area is 121 Å². The topological polar surface area (TPSA) is 109 Å². The van der Waals surface area contributed by atoms with Crippen molar-refractivity contribution in [2.75, 3.05) is 6.61 Å². The molecule has 0 spiro atoms. The summed E-state index contributed by atoms with van der Waals surface area (Å²) < 4.78 is 4.81. The number of fused-ring (bicyclic) bond motifs is 1. The zero-order chi connectivity index (χ0) is 15.4. The number of rotatable bonds is 4. The lowest BCUT2D eigenvalue weighted by Gasteiger charge is -2.14. The van der Waals surface area contributed by atoms with Crippen LogP contribution in [0.25, 0.3) is 10.9 Å². The monoisotopic (exact) mass is 285 g/mol. The molecule has 3 N–H and O–H groups in total. The summed E-state index contributed by atoms with van der Waals surface area (Å²) in [6.45, 7) is 2.01. The van der Waals surface area contributed by atoms with Crippen LogP contribution in [0.4, 0.5) is 4.79 Å². The Bertz CT molecular complexity index is 722. The number of carbonyl (C=O) groups excluding carboxylic acids is 1. The van der Waals surface area contributed by atoms with Crippen LogP contribution >= 0.6 is 0 Å². The molecule has 1 atom stereocenters. The fourth-order valence-electron chi connectivity index (χ4n) is 2.18. The highest BCUT2D eigenvalue weighted by Gasteiger charge is 2.15. The first kappa shape index (κ1) is 14.6. The summed E-state index contributed by atoms with van der Waals surface area (Å²) in [5.41, 5.74) is 6.91. The Balaban J connectivity index is 2.45. The molecule has 1 aromatic carbocycles. The molecule has 0 aliphatic heterocycles. The number of nitriles is 1. The highest BCUT2D eigenvalue weighted by atomic mass is 16.5. The van der Waals surface area contributed by atoms with Crippen LogP contribution in [-0.4, -0.2) is 22.8 Å². The average molecular weight is 285 g/mol. The molecule has 0 aliphatic carbocycles. The summed E-state index contributed by atoms with van der Waals surface area (Å²) in [5.74, 6) is -0.0543. The number of hydrogen-bond donors (Lipinski definition) is 2. The van der Waals surface area contributed by atoms with E-state index in [0.717, 1.165) is 5.56 Å². The van der Waals surface area contributed by atoms with Crippen LogP contribution in [-0.2, 0) is 11.2 Å². The molecule has 1 aromatic heterocycles. The van der Waals surface area contributed by atoms with E-state index >= 15 is 0 Å². The van der Waals surface area contributed by atoms with Gasteiger partial charge in [-0.2, -0.15) is 5.26 Å². The van der Waals surface area contributed by atoms with Crippen LogP contribution in [0, 0.1) is 11.3 Å². The van der Waals surface area contributed by atoms with E-state index < -0.39 is 6.09 Å². The third-order valence-electron chi connectivity index (χ3n) is 3.25. The number of carbonyl (C=O) groups is 1. The Morgan fingerprint density at radius 3 is 3.00 bits per heavy atom.